The van der Waals surface area contributed by atoms with Crippen LogP contribution in [0.25, 0.3) is 11.3 Å². The highest BCUT2D eigenvalue weighted by Crippen LogP contribution is 2.27. The van der Waals surface area contributed by atoms with Crippen molar-refractivity contribution in [3.05, 3.63) is 69.3 Å². The molecule has 0 radical (unpaired) electrons. The molecule has 2 aromatic heterocycles. The van der Waals surface area contributed by atoms with Gasteiger partial charge in [0.1, 0.15) is 5.82 Å². The molecule has 2 N–H and O–H groups in total. The number of nitrogens with zero attached hydrogens (tertiary/aromatic N) is 3. The molecule has 146 valence electrons. The topological polar surface area (TPSA) is 77.7 Å². The maximum atomic E-state index is 13.1. The largest absolute Gasteiger partial charge is 0.449 e. The number of halogens is 4. The van der Waals surface area contributed by atoms with Gasteiger partial charge in [0.15, 0.2) is 0 Å². The lowest BCUT2D eigenvalue weighted by atomic mass is 10.0. The van der Waals surface area contributed by atoms with E-state index in [4.69, 9.17) is 0 Å². The summed E-state index contributed by atoms with van der Waals surface area (Å²) in [6, 6.07) is 5.96. The first-order chi connectivity index (χ1) is 13.3. The molecule has 0 amide bonds. The predicted molar refractivity (Wildman–Crippen MR) is 91.7 cm³/mol. The molecule has 0 atom stereocenters. The van der Waals surface area contributed by atoms with E-state index in [1.807, 2.05) is 9.88 Å². The van der Waals surface area contributed by atoms with Crippen molar-refractivity contribution in [2.75, 3.05) is 6.54 Å². The maximum Gasteiger partial charge on any atom is 0.449 e. The van der Waals surface area contributed by atoms with E-state index in [0.29, 0.717) is 13.1 Å². The molecule has 0 spiro atoms. The van der Waals surface area contributed by atoms with Gasteiger partial charge in [-0.3, -0.25) is 14.8 Å². The van der Waals surface area contributed by atoms with Gasteiger partial charge in [-0.2, -0.15) is 18.3 Å². The quantitative estimate of drug-likeness (QED) is 0.671. The molecule has 4 rings (SSSR count). The van der Waals surface area contributed by atoms with Gasteiger partial charge >= 0.3 is 6.18 Å². The normalized spacial score (nSPS) is 14.9. The van der Waals surface area contributed by atoms with Crippen molar-refractivity contribution in [1.82, 2.24) is 25.1 Å². The van der Waals surface area contributed by atoms with Crippen LogP contribution < -0.4 is 5.56 Å². The predicted octanol–water partition coefficient (Wildman–Crippen LogP) is 2.88. The average molecular weight is 393 g/mol. The molecule has 3 aromatic rings. The minimum atomic E-state index is -4.69. The van der Waals surface area contributed by atoms with Gasteiger partial charge in [-0.15, -0.1) is 0 Å². The summed E-state index contributed by atoms with van der Waals surface area (Å²) < 4.78 is 51.6. The number of nitrogens with one attached hydrogen (secondary N) is 2. The minimum Gasteiger partial charge on any atom is -0.303 e. The zero-order chi connectivity index (χ0) is 19.9. The summed E-state index contributed by atoms with van der Waals surface area (Å²) in [7, 11) is 0. The van der Waals surface area contributed by atoms with E-state index in [9.17, 15) is 22.4 Å². The van der Waals surface area contributed by atoms with E-state index in [1.54, 1.807) is 18.3 Å². The lowest BCUT2D eigenvalue weighted by molar-refractivity contribution is -0.145. The van der Waals surface area contributed by atoms with Crippen LogP contribution in [0.15, 0.2) is 35.3 Å². The fourth-order valence-corrected chi connectivity index (χ4v) is 3.29. The second kappa shape index (κ2) is 6.86. The summed E-state index contributed by atoms with van der Waals surface area (Å²) in [6.45, 7) is 1.07. The summed E-state index contributed by atoms with van der Waals surface area (Å²) in [5.74, 6) is -1.61. The lowest BCUT2D eigenvalue weighted by Gasteiger charge is -2.27. The zero-order valence-electron chi connectivity index (χ0n) is 14.5. The molecule has 0 saturated heterocycles. The van der Waals surface area contributed by atoms with Crippen LogP contribution in [0, 0.1) is 5.82 Å². The van der Waals surface area contributed by atoms with Crippen molar-refractivity contribution in [3.8, 4) is 11.3 Å². The molecule has 0 saturated carbocycles. The molecule has 3 heterocycles. The van der Waals surface area contributed by atoms with Crippen LogP contribution in [0.4, 0.5) is 17.6 Å². The molecule has 0 unspecified atom stereocenters. The third-order valence-corrected chi connectivity index (χ3v) is 4.66. The Kier molecular flexibility index (Phi) is 4.50. The van der Waals surface area contributed by atoms with E-state index in [2.05, 4.69) is 15.2 Å². The fraction of sp³-hybridized carbons (Fsp3) is 0.278. The second-order valence-corrected chi connectivity index (χ2v) is 6.58. The smallest absolute Gasteiger partial charge is 0.303 e. The Hall–Kier alpha value is -3.01. The number of aromatic nitrogens is 4. The number of aromatic amines is 2. The molecular formula is C18H15F4N5O. The van der Waals surface area contributed by atoms with Crippen LogP contribution >= 0.6 is 0 Å². The molecule has 28 heavy (non-hydrogen) atoms. The van der Waals surface area contributed by atoms with Crippen molar-refractivity contribution in [2.24, 2.45) is 0 Å². The summed E-state index contributed by atoms with van der Waals surface area (Å²) >= 11 is 0. The van der Waals surface area contributed by atoms with Gasteiger partial charge in [0.05, 0.1) is 23.1 Å². The van der Waals surface area contributed by atoms with E-state index in [1.165, 1.54) is 12.1 Å². The van der Waals surface area contributed by atoms with E-state index < -0.39 is 17.6 Å². The third kappa shape index (κ3) is 3.55. The Labute approximate surface area is 156 Å². The Morgan fingerprint density at radius 3 is 2.64 bits per heavy atom. The fourth-order valence-electron chi connectivity index (χ4n) is 3.29. The van der Waals surface area contributed by atoms with Gasteiger partial charge in [0.2, 0.25) is 5.82 Å². The first-order valence-electron chi connectivity index (χ1n) is 8.51. The molecule has 6 nitrogen and oxygen atoms in total. The SMILES string of the molecule is O=c1[nH]c(C(F)(F)F)nc2c1CN(Cc1cn[nH]c1-c1ccc(F)cc1)CC2. The lowest BCUT2D eigenvalue weighted by Crippen LogP contribution is -2.36. The van der Waals surface area contributed by atoms with Crippen LogP contribution in [0.5, 0.6) is 0 Å². The number of hydrogen-bond donors (Lipinski definition) is 2. The van der Waals surface area contributed by atoms with Gasteiger partial charge < -0.3 is 4.98 Å². The van der Waals surface area contributed by atoms with Gasteiger partial charge in [-0.25, -0.2) is 9.37 Å². The summed E-state index contributed by atoms with van der Waals surface area (Å²) in [5.41, 5.74) is 1.98. The van der Waals surface area contributed by atoms with Crippen molar-refractivity contribution >= 4 is 0 Å². The van der Waals surface area contributed by atoms with Crippen molar-refractivity contribution in [1.29, 1.82) is 0 Å². The molecule has 1 aromatic carbocycles. The molecule has 1 aliphatic rings. The van der Waals surface area contributed by atoms with E-state index >= 15 is 0 Å². The second-order valence-electron chi connectivity index (χ2n) is 6.58. The Balaban J connectivity index is 1.56. The number of H-pyrrole nitrogens is 2. The molecule has 10 heteroatoms. The number of fused-ring (bicyclic) bond motifs is 1. The summed E-state index contributed by atoms with van der Waals surface area (Å²) in [4.78, 5) is 19.5. The van der Waals surface area contributed by atoms with Crippen LogP contribution in [-0.4, -0.2) is 31.6 Å². The van der Waals surface area contributed by atoms with Crippen molar-refractivity contribution in [2.45, 2.75) is 25.7 Å². The molecule has 1 aliphatic heterocycles. The van der Waals surface area contributed by atoms with E-state index in [-0.39, 0.29) is 30.0 Å². The van der Waals surface area contributed by atoms with Crippen molar-refractivity contribution < 1.29 is 17.6 Å². The third-order valence-electron chi connectivity index (χ3n) is 4.66. The average Bonchev–Trinajstić information content (AvgIpc) is 3.10. The van der Waals surface area contributed by atoms with Crippen LogP contribution in [0.2, 0.25) is 0 Å². The highest BCUT2D eigenvalue weighted by Gasteiger charge is 2.36. The van der Waals surface area contributed by atoms with Gasteiger partial charge in [0, 0.05) is 37.2 Å². The van der Waals surface area contributed by atoms with Crippen molar-refractivity contribution in [3.63, 3.8) is 0 Å². The maximum absolute atomic E-state index is 13.1. The minimum absolute atomic E-state index is 0.179. The van der Waals surface area contributed by atoms with Crippen LogP contribution in [0.3, 0.4) is 0 Å². The van der Waals surface area contributed by atoms with Crippen LogP contribution in [-0.2, 0) is 25.7 Å². The number of benzene rings is 1. The summed E-state index contributed by atoms with van der Waals surface area (Å²) in [5, 5.41) is 6.92. The Morgan fingerprint density at radius 2 is 1.93 bits per heavy atom. The zero-order valence-corrected chi connectivity index (χ0v) is 14.5. The summed E-state index contributed by atoms with van der Waals surface area (Å²) in [6.07, 6.45) is -2.80. The van der Waals surface area contributed by atoms with E-state index in [0.717, 1.165) is 16.8 Å². The molecule has 0 bridgehead atoms. The number of rotatable bonds is 3. The Morgan fingerprint density at radius 1 is 1.18 bits per heavy atom. The molecule has 0 fully saturated rings. The highest BCUT2D eigenvalue weighted by molar-refractivity contribution is 5.62. The van der Waals surface area contributed by atoms with Crippen LogP contribution in [0.1, 0.15) is 22.6 Å². The van der Waals surface area contributed by atoms with Gasteiger partial charge in [-0.05, 0) is 24.3 Å². The highest BCUT2D eigenvalue weighted by atomic mass is 19.4. The molecular weight excluding hydrogens is 378 g/mol. The molecule has 0 aliphatic carbocycles. The standard InChI is InChI=1S/C18H15F4N5O/c19-12-3-1-10(2-4-12)15-11(7-23-26-15)8-27-6-5-14-13(9-27)16(28)25-17(24-14)18(20,21)22/h1-4,7H,5-6,8-9H2,(H,23,26)(H,24,25,28). The first-order valence-corrected chi connectivity index (χ1v) is 8.51. The first kappa shape index (κ1) is 18.4. The number of hydrogen-bond acceptors (Lipinski definition) is 4. The monoisotopic (exact) mass is 393 g/mol. The number of alkyl halides is 3. The van der Waals surface area contributed by atoms with Gasteiger partial charge in [-0.1, -0.05) is 0 Å². The Bertz CT molecular complexity index is 1060. The van der Waals surface area contributed by atoms with Gasteiger partial charge in [0.25, 0.3) is 5.56 Å².